The van der Waals surface area contributed by atoms with E-state index < -0.39 is 0 Å². The standard InChI is InChI=1S/C9H19N.C4H8O.Li/c1-8(2)6-5-7-9(3,4)10-8;1-2-4-5-3-1;/h10H,5-7H2,1-4H3;1-4H2;. The van der Waals surface area contributed by atoms with Gasteiger partial charge in [0.2, 0.25) is 0 Å². The Kier molecular flexibility index (Phi) is 7.29. The van der Waals surface area contributed by atoms with Crippen LogP contribution < -0.4 is 5.32 Å². The minimum absolute atomic E-state index is 0. The van der Waals surface area contributed by atoms with E-state index in [0.29, 0.717) is 11.1 Å². The van der Waals surface area contributed by atoms with Gasteiger partial charge < -0.3 is 10.1 Å². The van der Waals surface area contributed by atoms with Gasteiger partial charge in [-0.25, -0.2) is 0 Å². The Morgan fingerprint density at radius 1 is 0.812 bits per heavy atom. The number of rotatable bonds is 0. The maximum Gasteiger partial charge on any atom is 0.0466 e. The first-order valence-electron chi connectivity index (χ1n) is 6.28. The molecule has 0 aliphatic carbocycles. The number of nitrogens with one attached hydrogen (secondary N) is 1. The van der Waals surface area contributed by atoms with Gasteiger partial charge in [0, 0.05) is 43.2 Å². The SMILES string of the molecule is C1CCOC1.CC1(C)CCCC(C)(C)N1.[Li]. The van der Waals surface area contributed by atoms with Crippen molar-refractivity contribution in [1.82, 2.24) is 5.32 Å². The van der Waals surface area contributed by atoms with E-state index in [1.54, 1.807) is 0 Å². The molecule has 0 aromatic rings. The Morgan fingerprint density at radius 3 is 1.44 bits per heavy atom. The molecule has 3 heteroatoms. The Hall–Kier alpha value is 0.517. The molecule has 2 heterocycles. The van der Waals surface area contributed by atoms with E-state index in [9.17, 15) is 0 Å². The molecule has 0 saturated carbocycles. The first kappa shape index (κ1) is 16.5. The van der Waals surface area contributed by atoms with Crippen LogP contribution in [0, 0.1) is 0 Å². The molecule has 2 aliphatic heterocycles. The molecule has 91 valence electrons. The molecule has 0 unspecified atom stereocenters. The van der Waals surface area contributed by atoms with Crippen molar-refractivity contribution in [3.05, 3.63) is 0 Å². The van der Waals surface area contributed by atoms with Crippen LogP contribution >= 0.6 is 0 Å². The van der Waals surface area contributed by atoms with E-state index in [-0.39, 0.29) is 18.9 Å². The van der Waals surface area contributed by atoms with E-state index in [1.807, 2.05) is 0 Å². The molecule has 0 aromatic carbocycles. The zero-order chi connectivity index (χ0) is 11.4. The van der Waals surface area contributed by atoms with Crippen LogP contribution in [-0.4, -0.2) is 43.2 Å². The monoisotopic (exact) mass is 220 g/mol. The van der Waals surface area contributed by atoms with Gasteiger partial charge in [0.05, 0.1) is 0 Å². The van der Waals surface area contributed by atoms with Gasteiger partial charge in [-0.3, -0.25) is 0 Å². The molecule has 2 nitrogen and oxygen atoms in total. The molecule has 0 bridgehead atoms. The quantitative estimate of drug-likeness (QED) is 0.634. The predicted molar refractivity (Wildman–Crippen MR) is 71.0 cm³/mol. The molecule has 0 atom stereocenters. The van der Waals surface area contributed by atoms with Crippen LogP contribution in [0.5, 0.6) is 0 Å². The number of hydrogen-bond donors (Lipinski definition) is 1. The molecule has 1 N–H and O–H groups in total. The van der Waals surface area contributed by atoms with E-state index in [4.69, 9.17) is 4.74 Å². The van der Waals surface area contributed by atoms with Gasteiger partial charge in [0.15, 0.2) is 0 Å². The van der Waals surface area contributed by atoms with Gasteiger partial charge in [-0.15, -0.1) is 0 Å². The Morgan fingerprint density at radius 2 is 1.25 bits per heavy atom. The normalized spacial score (nSPS) is 26.2. The summed E-state index contributed by atoms with van der Waals surface area (Å²) in [6.45, 7) is 11.1. The van der Waals surface area contributed by atoms with Crippen molar-refractivity contribution < 1.29 is 4.74 Å². The van der Waals surface area contributed by atoms with E-state index in [0.717, 1.165) is 13.2 Å². The van der Waals surface area contributed by atoms with Crippen LogP contribution in [0.15, 0.2) is 0 Å². The first-order valence-corrected chi connectivity index (χ1v) is 6.28. The summed E-state index contributed by atoms with van der Waals surface area (Å²) < 4.78 is 4.94. The zero-order valence-electron chi connectivity index (χ0n) is 11.9. The fourth-order valence-electron chi connectivity index (χ4n) is 2.52. The summed E-state index contributed by atoms with van der Waals surface area (Å²) >= 11 is 0. The summed E-state index contributed by atoms with van der Waals surface area (Å²) in [7, 11) is 0. The van der Waals surface area contributed by atoms with Gasteiger partial charge in [0.1, 0.15) is 0 Å². The van der Waals surface area contributed by atoms with E-state index >= 15 is 0 Å². The molecular weight excluding hydrogens is 193 g/mol. The molecule has 16 heavy (non-hydrogen) atoms. The summed E-state index contributed by atoms with van der Waals surface area (Å²) in [5, 5.41) is 3.63. The van der Waals surface area contributed by atoms with Crippen molar-refractivity contribution in [1.29, 1.82) is 0 Å². The zero-order valence-corrected chi connectivity index (χ0v) is 11.9. The minimum atomic E-state index is 0. The summed E-state index contributed by atoms with van der Waals surface area (Å²) in [5.74, 6) is 0. The largest absolute Gasteiger partial charge is 0.381 e. The topological polar surface area (TPSA) is 21.3 Å². The molecular formula is C13H27LiNO. The smallest absolute Gasteiger partial charge is 0.0466 e. The maximum absolute atomic E-state index is 4.94. The van der Waals surface area contributed by atoms with Gasteiger partial charge in [-0.1, -0.05) is 0 Å². The molecule has 0 spiro atoms. The molecule has 0 amide bonds. The molecule has 2 saturated heterocycles. The number of hydrogen-bond acceptors (Lipinski definition) is 2. The third-order valence-corrected chi connectivity index (χ3v) is 3.11. The van der Waals surface area contributed by atoms with Crippen molar-refractivity contribution in [2.75, 3.05) is 13.2 Å². The minimum Gasteiger partial charge on any atom is -0.381 e. The van der Waals surface area contributed by atoms with Gasteiger partial charge in [0.25, 0.3) is 0 Å². The van der Waals surface area contributed by atoms with Crippen LogP contribution in [0.4, 0.5) is 0 Å². The second-order valence-electron chi connectivity index (χ2n) is 6.07. The Balaban J connectivity index is 0.000000318. The summed E-state index contributed by atoms with van der Waals surface area (Å²) in [6, 6.07) is 0. The van der Waals surface area contributed by atoms with E-state index in [2.05, 4.69) is 33.0 Å². The average Bonchev–Trinajstić information content (AvgIpc) is 2.54. The fraction of sp³-hybridized carbons (Fsp3) is 1.00. The van der Waals surface area contributed by atoms with Crippen molar-refractivity contribution >= 4 is 18.9 Å². The van der Waals surface area contributed by atoms with Gasteiger partial charge in [-0.05, 0) is 59.8 Å². The second kappa shape index (κ2) is 7.06. The maximum atomic E-state index is 4.94. The summed E-state index contributed by atoms with van der Waals surface area (Å²) in [6.07, 6.45) is 6.56. The van der Waals surface area contributed by atoms with Crippen LogP contribution in [0.1, 0.15) is 59.8 Å². The summed E-state index contributed by atoms with van der Waals surface area (Å²) in [5.41, 5.74) is 0.726. The molecule has 1 radical (unpaired) electrons. The van der Waals surface area contributed by atoms with Crippen LogP contribution in [0.25, 0.3) is 0 Å². The number of piperidine rings is 1. The third-order valence-electron chi connectivity index (χ3n) is 3.11. The van der Waals surface area contributed by atoms with Crippen molar-refractivity contribution in [3.8, 4) is 0 Å². The van der Waals surface area contributed by atoms with Crippen LogP contribution in [0.3, 0.4) is 0 Å². The Labute approximate surface area is 113 Å². The second-order valence-corrected chi connectivity index (χ2v) is 6.07. The van der Waals surface area contributed by atoms with Crippen molar-refractivity contribution in [2.45, 2.75) is 70.9 Å². The summed E-state index contributed by atoms with van der Waals surface area (Å²) in [4.78, 5) is 0. The van der Waals surface area contributed by atoms with E-state index in [1.165, 1.54) is 32.1 Å². The predicted octanol–water partition coefficient (Wildman–Crippen LogP) is 2.73. The Bertz CT molecular complexity index is 167. The van der Waals surface area contributed by atoms with Gasteiger partial charge >= 0.3 is 0 Å². The fourth-order valence-corrected chi connectivity index (χ4v) is 2.52. The van der Waals surface area contributed by atoms with Crippen LogP contribution in [-0.2, 0) is 4.74 Å². The van der Waals surface area contributed by atoms with Crippen molar-refractivity contribution in [3.63, 3.8) is 0 Å². The molecule has 2 aliphatic rings. The van der Waals surface area contributed by atoms with Gasteiger partial charge in [-0.2, -0.15) is 0 Å². The van der Waals surface area contributed by atoms with Crippen molar-refractivity contribution in [2.24, 2.45) is 0 Å². The molecule has 0 aromatic heterocycles. The molecule has 2 fully saturated rings. The molecule has 2 rings (SSSR count). The van der Waals surface area contributed by atoms with Crippen LogP contribution in [0.2, 0.25) is 0 Å². The third kappa shape index (κ3) is 6.96. The number of ether oxygens (including phenoxy) is 1. The average molecular weight is 220 g/mol. The first-order chi connectivity index (χ1) is 6.91.